The second-order valence-corrected chi connectivity index (χ2v) is 6.53. The van der Waals surface area contributed by atoms with Crippen LogP contribution in [0.25, 0.3) is 10.9 Å². The molecule has 0 aliphatic carbocycles. The molecule has 6 heteroatoms. The van der Waals surface area contributed by atoms with Gasteiger partial charge >= 0.3 is 0 Å². The molecule has 1 N–H and O–H groups in total. The molecule has 6 nitrogen and oxygen atoms in total. The molecule has 0 amide bonds. The number of anilines is 1. The Labute approximate surface area is 167 Å². The zero-order valence-electron chi connectivity index (χ0n) is 15.4. The van der Waals surface area contributed by atoms with E-state index in [0.717, 1.165) is 16.5 Å². The van der Waals surface area contributed by atoms with E-state index in [-0.39, 0.29) is 17.0 Å². The average molecular weight is 383 g/mol. The normalized spacial score (nSPS) is 10.6. The number of fused-ring (bicyclic) bond motifs is 1. The summed E-state index contributed by atoms with van der Waals surface area (Å²) in [7, 11) is 0. The van der Waals surface area contributed by atoms with E-state index in [1.165, 1.54) is 6.07 Å². The largest absolute Gasteiger partial charge is 0.375 e. The molecule has 4 rings (SSSR count). The van der Waals surface area contributed by atoms with E-state index in [0.29, 0.717) is 17.8 Å². The van der Waals surface area contributed by atoms with Gasteiger partial charge in [0.25, 0.3) is 5.69 Å². The van der Waals surface area contributed by atoms with Crippen LogP contribution < -0.4 is 5.32 Å². The molecule has 0 atom stereocenters. The van der Waals surface area contributed by atoms with Crippen LogP contribution in [0.4, 0.5) is 11.4 Å². The number of carbonyl (C=O) groups is 1. The van der Waals surface area contributed by atoms with Crippen LogP contribution in [0.3, 0.4) is 0 Å². The second-order valence-electron chi connectivity index (χ2n) is 6.53. The Morgan fingerprint density at radius 2 is 1.72 bits per heavy atom. The molecule has 0 radical (unpaired) electrons. The number of aromatic nitrogens is 1. The van der Waals surface area contributed by atoms with E-state index in [9.17, 15) is 14.9 Å². The van der Waals surface area contributed by atoms with Crippen LogP contribution in [0.5, 0.6) is 0 Å². The van der Waals surface area contributed by atoms with Gasteiger partial charge in [-0.1, -0.05) is 54.6 Å². The predicted molar refractivity (Wildman–Crippen MR) is 112 cm³/mol. The van der Waals surface area contributed by atoms with Gasteiger partial charge in [-0.2, -0.15) is 0 Å². The van der Waals surface area contributed by atoms with Crippen LogP contribution in [-0.2, 0) is 6.54 Å². The molecule has 142 valence electrons. The van der Waals surface area contributed by atoms with Gasteiger partial charge in [-0.25, -0.2) is 0 Å². The van der Waals surface area contributed by atoms with Crippen molar-refractivity contribution in [3.8, 4) is 0 Å². The molecular weight excluding hydrogens is 366 g/mol. The molecule has 4 aromatic rings. The molecule has 0 unspecified atom stereocenters. The van der Waals surface area contributed by atoms with Crippen LogP contribution >= 0.6 is 0 Å². The van der Waals surface area contributed by atoms with Gasteiger partial charge in [0.1, 0.15) is 5.69 Å². The lowest BCUT2D eigenvalue weighted by atomic mass is 10.0. The van der Waals surface area contributed by atoms with Crippen molar-refractivity contribution in [1.29, 1.82) is 0 Å². The summed E-state index contributed by atoms with van der Waals surface area (Å²) >= 11 is 0. The quantitative estimate of drug-likeness (QED) is 0.288. The predicted octanol–water partition coefficient (Wildman–Crippen LogP) is 4.99. The van der Waals surface area contributed by atoms with Gasteiger partial charge < -0.3 is 5.32 Å². The highest BCUT2D eigenvalue weighted by atomic mass is 16.6. The van der Waals surface area contributed by atoms with E-state index in [1.807, 2.05) is 36.4 Å². The first-order valence-corrected chi connectivity index (χ1v) is 9.08. The zero-order valence-corrected chi connectivity index (χ0v) is 15.4. The number of ketones is 1. The van der Waals surface area contributed by atoms with Crippen molar-refractivity contribution in [3.05, 3.63) is 112 Å². The molecule has 29 heavy (non-hydrogen) atoms. The third kappa shape index (κ3) is 3.82. The lowest BCUT2D eigenvalue weighted by molar-refractivity contribution is -0.384. The molecule has 0 bridgehead atoms. The van der Waals surface area contributed by atoms with E-state index in [4.69, 9.17) is 0 Å². The Hall–Kier alpha value is -4.06. The standard InChI is InChI=1S/C23H17N3O3/c27-23(17-6-2-1-3-7-17)18-11-12-20(21(14-18)26(28)29)25-15-19-9-4-8-16-10-5-13-24-22(16)19/h1-14,25H,15H2. The lowest BCUT2D eigenvalue weighted by Crippen LogP contribution is -2.06. The van der Waals surface area contributed by atoms with E-state index < -0.39 is 4.92 Å². The highest BCUT2D eigenvalue weighted by molar-refractivity contribution is 6.09. The summed E-state index contributed by atoms with van der Waals surface area (Å²) in [6, 6.07) is 22.9. The summed E-state index contributed by atoms with van der Waals surface area (Å²) in [6.45, 7) is 0.376. The van der Waals surface area contributed by atoms with Gasteiger partial charge in [-0.15, -0.1) is 0 Å². The number of rotatable bonds is 6. The molecule has 0 saturated heterocycles. The third-order valence-electron chi connectivity index (χ3n) is 4.68. The number of pyridine rings is 1. The molecule has 0 saturated carbocycles. The number of hydrogen-bond donors (Lipinski definition) is 1. The highest BCUT2D eigenvalue weighted by Crippen LogP contribution is 2.28. The Morgan fingerprint density at radius 3 is 2.52 bits per heavy atom. The molecule has 0 fully saturated rings. The number of nitrogens with zero attached hydrogens (tertiary/aromatic N) is 2. The van der Waals surface area contributed by atoms with E-state index in [1.54, 1.807) is 42.6 Å². The fourth-order valence-electron chi connectivity index (χ4n) is 3.23. The van der Waals surface area contributed by atoms with Crippen LogP contribution in [-0.4, -0.2) is 15.7 Å². The molecule has 0 spiro atoms. The van der Waals surface area contributed by atoms with Crippen molar-refractivity contribution >= 4 is 28.1 Å². The summed E-state index contributed by atoms with van der Waals surface area (Å²) in [4.78, 5) is 28.1. The Kier molecular flexibility index (Phi) is 4.99. The molecular formula is C23H17N3O3. The third-order valence-corrected chi connectivity index (χ3v) is 4.68. The molecule has 0 aliphatic rings. The Morgan fingerprint density at radius 1 is 0.931 bits per heavy atom. The van der Waals surface area contributed by atoms with Crippen molar-refractivity contribution in [2.75, 3.05) is 5.32 Å². The summed E-state index contributed by atoms with van der Waals surface area (Å²) in [5.74, 6) is -0.251. The zero-order chi connectivity index (χ0) is 20.2. The fraction of sp³-hybridized carbons (Fsp3) is 0.0435. The van der Waals surface area contributed by atoms with Crippen molar-refractivity contribution in [2.24, 2.45) is 0 Å². The first-order chi connectivity index (χ1) is 14.1. The molecule has 3 aromatic carbocycles. The number of hydrogen-bond acceptors (Lipinski definition) is 5. The number of para-hydroxylation sites is 1. The van der Waals surface area contributed by atoms with Crippen LogP contribution in [0, 0.1) is 10.1 Å². The number of benzene rings is 3. The lowest BCUT2D eigenvalue weighted by Gasteiger charge is -2.10. The van der Waals surface area contributed by atoms with Crippen LogP contribution in [0.1, 0.15) is 21.5 Å². The van der Waals surface area contributed by atoms with Gasteiger partial charge in [-0.05, 0) is 23.8 Å². The monoisotopic (exact) mass is 383 g/mol. The first-order valence-electron chi connectivity index (χ1n) is 9.08. The maximum atomic E-state index is 12.6. The minimum absolute atomic E-state index is 0.139. The SMILES string of the molecule is O=C(c1ccccc1)c1ccc(NCc2cccc3cccnc23)c([N+](=O)[O-])c1. The van der Waals surface area contributed by atoms with E-state index >= 15 is 0 Å². The highest BCUT2D eigenvalue weighted by Gasteiger charge is 2.18. The van der Waals surface area contributed by atoms with Gasteiger partial charge in [0.2, 0.25) is 0 Å². The molecule has 1 aromatic heterocycles. The van der Waals surface area contributed by atoms with Crippen molar-refractivity contribution in [3.63, 3.8) is 0 Å². The topological polar surface area (TPSA) is 85.1 Å². The number of carbonyl (C=O) groups excluding carboxylic acids is 1. The van der Waals surface area contributed by atoms with Gasteiger partial charge in [0.15, 0.2) is 5.78 Å². The number of nitro groups is 1. The maximum absolute atomic E-state index is 12.6. The minimum atomic E-state index is -0.481. The van der Waals surface area contributed by atoms with Gasteiger partial charge in [0, 0.05) is 35.3 Å². The van der Waals surface area contributed by atoms with Gasteiger partial charge in [-0.3, -0.25) is 19.9 Å². The summed E-state index contributed by atoms with van der Waals surface area (Å²) in [5, 5.41) is 15.7. The van der Waals surface area contributed by atoms with Crippen LogP contribution in [0.2, 0.25) is 0 Å². The molecule has 1 heterocycles. The maximum Gasteiger partial charge on any atom is 0.293 e. The van der Waals surface area contributed by atoms with Gasteiger partial charge in [0.05, 0.1) is 10.4 Å². The fourth-order valence-corrected chi connectivity index (χ4v) is 3.23. The number of nitro benzene ring substituents is 1. The summed E-state index contributed by atoms with van der Waals surface area (Å²) < 4.78 is 0. The van der Waals surface area contributed by atoms with Crippen molar-refractivity contribution in [2.45, 2.75) is 6.54 Å². The van der Waals surface area contributed by atoms with Crippen molar-refractivity contribution in [1.82, 2.24) is 4.98 Å². The summed E-state index contributed by atoms with van der Waals surface area (Å²) in [6.07, 6.45) is 1.72. The van der Waals surface area contributed by atoms with Crippen LogP contribution in [0.15, 0.2) is 85.1 Å². The van der Waals surface area contributed by atoms with E-state index in [2.05, 4.69) is 10.3 Å². The Balaban J connectivity index is 1.62. The first kappa shape index (κ1) is 18.3. The smallest absolute Gasteiger partial charge is 0.293 e. The Bertz CT molecular complexity index is 1200. The second kappa shape index (κ2) is 7.90. The number of nitrogens with one attached hydrogen (secondary N) is 1. The summed E-state index contributed by atoms with van der Waals surface area (Å²) in [5.41, 5.74) is 2.76. The molecule has 0 aliphatic heterocycles. The van der Waals surface area contributed by atoms with Crippen molar-refractivity contribution < 1.29 is 9.72 Å². The average Bonchev–Trinajstić information content (AvgIpc) is 2.77. The minimum Gasteiger partial charge on any atom is -0.375 e.